The van der Waals surface area contributed by atoms with E-state index >= 15 is 0 Å². The fraction of sp³-hybridized carbons (Fsp3) is 0.200. The predicted molar refractivity (Wildman–Crippen MR) is 73.4 cm³/mol. The van der Waals surface area contributed by atoms with Gasteiger partial charge >= 0.3 is 6.36 Å². The van der Waals surface area contributed by atoms with Crippen LogP contribution in [0, 0.1) is 6.92 Å². The van der Waals surface area contributed by atoms with Gasteiger partial charge < -0.3 is 9.84 Å². The van der Waals surface area contributed by atoms with Crippen LogP contribution < -0.4 is 4.74 Å². The SMILES string of the molecule is Cc1ccc(C(O)c2ccccc2OC(F)(F)F)cc1Cl. The van der Waals surface area contributed by atoms with E-state index in [1.54, 1.807) is 19.1 Å². The van der Waals surface area contributed by atoms with E-state index in [9.17, 15) is 18.3 Å². The Bertz CT molecular complexity index is 641. The van der Waals surface area contributed by atoms with Gasteiger partial charge in [0.2, 0.25) is 0 Å². The zero-order valence-corrected chi connectivity index (χ0v) is 11.7. The molecule has 2 aromatic carbocycles. The second-order valence-electron chi connectivity index (χ2n) is 4.50. The van der Waals surface area contributed by atoms with Gasteiger partial charge in [0.15, 0.2) is 0 Å². The molecule has 0 heterocycles. The number of aliphatic hydroxyl groups is 1. The van der Waals surface area contributed by atoms with E-state index in [2.05, 4.69) is 4.74 Å². The molecule has 0 radical (unpaired) electrons. The van der Waals surface area contributed by atoms with Gasteiger partial charge in [-0.25, -0.2) is 0 Å². The Morgan fingerprint density at radius 3 is 2.43 bits per heavy atom. The lowest BCUT2D eigenvalue weighted by Crippen LogP contribution is -2.18. The molecule has 2 nitrogen and oxygen atoms in total. The second kappa shape index (κ2) is 5.95. The summed E-state index contributed by atoms with van der Waals surface area (Å²) in [5.41, 5.74) is 1.23. The Labute approximate surface area is 124 Å². The number of aryl methyl sites for hydroxylation is 1. The van der Waals surface area contributed by atoms with Gasteiger partial charge in [0.1, 0.15) is 11.9 Å². The molecule has 0 bridgehead atoms. The summed E-state index contributed by atoms with van der Waals surface area (Å²) in [6, 6.07) is 10.3. The number of rotatable bonds is 3. The first-order valence-electron chi connectivity index (χ1n) is 6.07. The fourth-order valence-corrected chi connectivity index (χ4v) is 2.07. The van der Waals surface area contributed by atoms with Crippen molar-refractivity contribution < 1.29 is 23.0 Å². The summed E-state index contributed by atoms with van der Waals surface area (Å²) in [7, 11) is 0. The highest BCUT2D eigenvalue weighted by molar-refractivity contribution is 6.31. The van der Waals surface area contributed by atoms with Crippen LogP contribution in [0.1, 0.15) is 22.8 Å². The van der Waals surface area contributed by atoms with Gasteiger partial charge in [-0.2, -0.15) is 0 Å². The molecule has 0 spiro atoms. The number of aliphatic hydroxyl groups excluding tert-OH is 1. The molecule has 0 aromatic heterocycles. The Balaban J connectivity index is 2.38. The number of alkyl halides is 3. The molecule has 21 heavy (non-hydrogen) atoms. The minimum atomic E-state index is -4.82. The Morgan fingerprint density at radius 2 is 1.81 bits per heavy atom. The number of hydrogen-bond donors (Lipinski definition) is 1. The molecule has 0 fully saturated rings. The molecule has 0 aliphatic heterocycles. The maximum atomic E-state index is 12.4. The molecule has 2 aromatic rings. The van der Waals surface area contributed by atoms with Crippen molar-refractivity contribution in [1.29, 1.82) is 0 Å². The van der Waals surface area contributed by atoms with Crippen LogP contribution >= 0.6 is 11.6 Å². The summed E-state index contributed by atoms with van der Waals surface area (Å²) >= 11 is 5.97. The van der Waals surface area contributed by atoms with E-state index in [-0.39, 0.29) is 5.56 Å². The fourth-order valence-electron chi connectivity index (χ4n) is 1.88. The zero-order chi connectivity index (χ0) is 15.6. The Hall–Kier alpha value is -1.72. The van der Waals surface area contributed by atoms with Crippen LogP contribution in [-0.2, 0) is 0 Å². The van der Waals surface area contributed by atoms with Crippen LogP contribution in [0.4, 0.5) is 13.2 Å². The minimum absolute atomic E-state index is 0.0229. The standard InChI is InChI=1S/C15H12ClF3O2/c1-9-6-7-10(8-12(9)16)14(20)11-4-2-3-5-13(11)21-15(17,18)19/h2-8,14,20H,1H3. The first kappa shape index (κ1) is 15.7. The number of hydrogen-bond acceptors (Lipinski definition) is 2. The Kier molecular flexibility index (Phi) is 4.44. The first-order valence-corrected chi connectivity index (χ1v) is 6.44. The van der Waals surface area contributed by atoms with Gasteiger partial charge in [0.25, 0.3) is 0 Å². The summed E-state index contributed by atoms with van der Waals surface area (Å²) in [6.07, 6.45) is -6.08. The van der Waals surface area contributed by atoms with Gasteiger partial charge in [0, 0.05) is 10.6 Å². The maximum Gasteiger partial charge on any atom is 0.573 e. The molecule has 1 N–H and O–H groups in total. The lowest BCUT2D eigenvalue weighted by atomic mass is 10.00. The van der Waals surface area contributed by atoms with Gasteiger partial charge in [-0.1, -0.05) is 41.9 Å². The van der Waals surface area contributed by atoms with E-state index in [0.717, 1.165) is 11.6 Å². The summed E-state index contributed by atoms with van der Waals surface area (Å²) in [6.45, 7) is 1.79. The molecule has 0 aliphatic rings. The second-order valence-corrected chi connectivity index (χ2v) is 4.90. The van der Waals surface area contributed by atoms with Gasteiger partial charge in [-0.15, -0.1) is 13.2 Å². The largest absolute Gasteiger partial charge is 0.573 e. The third kappa shape index (κ3) is 3.89. The van der Waals surface area contributed by atoms with Crippen molar-refractivity contribution in [2.24, 2.45) is 0 Å². The first-order chi connectivity index (χ1) is 9.78. The molecule has 0 amide bonds. The van der Waals surface area contributed by atoms with Crippen LogP contribution in [0.25, 0.3) is 0 Å². The number of halogens is 4. The molecule has 1 atom stereocenters. The van der Waals surface area contributed by atoms with Gasteiger partial charge in [-0.05, 0) is 30.2 Å². The normalized spacial score (nSPS) is 13.0. The highest BCUT2D eigenvalue weighted by atomic mass is 35.5. The van der Waals surface area contributed by atoms with Crippen molar-refractivity contribution in [2.45, 2.75) is 19.4 Å². The van der Waals surface area contributed by atoms with Crippen molar-refractivity contribution in [1.82, 2.24) is 0 Å². The summed E-state index contributed by atoms with van der Waals surface area (Å²) < 4.78 is 41.1. The van der Waals surface area contributed by atoms with Crippen molar-refractivity contribution in [3.8, 4) is 5.75 Å². The van der Waals surface area contributed by atoms with E-state index in [4.69, 9.17) is 11.6 Å². The summed E-state index contributed by atoms with van der Waals surface area (Å²) in [5.74, 6) is -0.436. The molecule has 0 saturated carbocycles. The molecule has 0 saturated heterocycles. The van der Waals surface area contributed by atoms with Crippen LogP contribution in [-0.4, -0.2) is 11.5 Å². The smallest absolute Gasteiger partial charge is 0.405 e. The van der Waals surface area contributed by atoms with E-state index in [0.29, 0.717) is 10.6 Å². The lowest BCUT2D eigenvalue weighted by Gasteiger charge is -2.18. The van der Waals surface area contributed by atoms with Crippen LogP contribution in [0.2, 0.25) is 5.02 Å². The maximum absolute atomic E-state index is 12.4. The van der Waals surface area contributed by atoms with E-state index < -0.39 is 18.2 Å². The molecule has 1 unspecified atom stereocenters. The van der Waals surface area contributed by atoms with E-state index in [1.807, 2.05) is 0 Å². The minimum Gasteiger partial charge on any atom is -0.405 e. The Morgan fingerprint density at radius 1 is 1.14 bits per heavy atom. The average Bonchev–Trinajstić information content (AvgIpc) is 2.40. The molecular formula is C15H12ClF3O2. The molecule has 2 rings (SSSR count). The summed E-state index contributed by atoms with van der Waals surface area (Å²) in [5, 5.41) is 10.7. The number of para-hydroxylation sites is 1. The number of ether oxygens (including phenoxy) is 1. The van der Waals surface area contributed by atoms with Crippen molar-refractivity contribution in [3.63, 3.8) is 0 Å². The molecule has 6 heteroatoms. The van der Waals surface area contributed by atoms with Crippen LogP contribution in [0.5, 0.6) is 5.75 Å². The van der Waals surface area contributed by atoms with Crippen molar-refractivity contribution in [3.05, 3.63) is 64.2 Å². The molecule has 0 aliphatic carbocycles. The molecular weight excluding hydrogens is 305 g/mol. The van der Waals surface area contributed by atoms with E-state index in [1.165, 1.54) is 24.3 Å². The lowest BCUT2D eigenvalue weighted by molar-refractivity contribution is -0.275. The van der Waals surface area contributed by atoms with Gasteiger partial charge in [-0.3, -0.25) is 0 Å². The van der Waals surface area contributed by atoms with Crippen LogP contribution in [0.15, 0.2) is 42.5 Å². The quantitative estimate of drug-likeness (QED) is 0.894. The van der Waals surface area contributed by atoms with Crippen LogP contribution in [0.3, 0.4) is 0 Å². The van der Waals surface area contributed by atoms with Crippen molar-refractivity contribution in [2.75, 3.05) is 0 Å². The predicted octanol–water partition coefficient (Wildman–Crippen LogP) is 4.63. The highest BCUT2D eigenvalue weighted by Gasteiger charge is 2.32. The van der Waals surface area contributed by atoms with Crippen molar-refractivity contribution >= 4 is 11.6 Å². The zero-order valence-electron chi connectivity index (χ0n) is 11.0. The number of benzene rings is 2. The summed E-state index contributed by atoms with van der Waals surface area (Å²) in [4.78, 5) is 0. The van der Waals surface area contributed by atoms with Gasteiger partial charge in [0.05, 0.1) is 0 Å². The average molecular weight is 317 g/mol. The third-order valence-electron chi connectivity index (χ3n) is 2.95. The third-order valence-corrected chi connectivity index (χ3v) is 3.36. The molecule has 112 valence electrons. The highest BCUT2D eigenvalue weighted by Crippen LogP contribution is 2.34. The monoisotopic (exact) mass is 316 g/mol. The topological polar surface area (TPSA) is 29.5 Å².